The van der Waals surface area contributed by atoms with E-state index in [4.69, 9.17) is 0 Å². The fourth-order valence-electron chi connectivity index (χ4n) is 2.54. The van der Waals surface area contributed by atoms with Crippen LogP contribution >= 0.6 is 0 Å². The Balaban J connectivity index is 1.81. The van der Waals surface area contributed by atoms with Gasteiger partial charge >= 0.3 is 0 Å². The second kappa shape index (κ2) is 7.79. The van der Waals surface area contributed by atoms with Gasteiger partial charge in [-0.3, -0.25) is 4.79 Å². The Bertz CT molecular complexity index is 620. The van der Waals surface area contributed by atoms with Crippen LogP contribution in [0.4, 0.5) is 11.4 Å². The maximum Gasteiger partial charge on any atom is 0.224 e. The van der Waals surface area contributed by atoms with E-state index in [0.29, 0.717) is 6.42 Å². The standard InChI is InChI=1S/C16H25N3O3S/c1-18-9-11-19(12-10-18)15-7-5-14(6-8-15)17-16(20)4-3-13-23(2,21)22/h5-8H,3-4,9-13H2,1-2H3,(H,17,20). The van der Waals surface area contributed by atoms with Crippen LogP contribution in [0, 0.1) is 0 Å². The highest BCUT2D eigenvalue weighted by Gasteiger charge is 2.14. The first-order valence-electron chi connectivity index (χ1n) is 7.85. The van der Waals surface area contributed by atoms with Gasteiger partial charge in [-0.1, -0.05) is 0 Å². The molecule has 23 heavy (non-hydrogen) atoms. The van der Waals surface area contributed by atoms with Gasteiger partial charge < -0.3 is 15.1 Å². The molecule has 0 saturated carbocycles. The van der Waals surface area contributed by atoms with Crippen molar-refractivity contribution < 1.29 is 13.2 Å². The maximum absolute atomic E-state index is 11.8. The van der Waals surface area contributed by atoms with Crippen molar-refractivity contribution in [1.82, 2.24) is 4.90 Å². The van der Waals surface area contributed by atoms with E-state index in [9.17, 15) is 13.2 Å². The maximum atomic E-state index is 11.8. The molecule has 0 aromatic heterocycles. The Morgan fingerprint density at radius 1 is 1.13 bits per heavy atom. The van der Waals surface area contributed by atoms with Crippen molar-refractivity contribution in [1.29, 1.82) is 0 Å². The molecule has 1 aliphatic rings. The van der Waals surface area contributed by atoms with Crippen LogP contribution in [0.3, 0.4) is 0 Å². The van der Waals surface area contributed by atoms with E-state index in [0.717, 1.165) is 37.6 Å². The number of piperazine rings is 1. The lowest BCUT2D eigenvalue weighted by atomic mass is 10.2. The topological polar surface area (TPSA) is 69.7 Å². The second-order valence-corrected chi connectivity index (χ2v) is 8.38. The molecule has 1 aromatic rings. The minimum Gasteiger partial charge on any atom is -0.369 e. The van der Waals surface area contributed by atoms with Gasteiger partial charge in [-0.15, -0.1) is 0 Å². The van der Waals surface area contributed by atoms with Gasteiger partial charge in [0, 0.05) is 50.2 Å². The Morgan fingerprint density at radius 3 is 2.30 bits per heavy atom. The van der Waals surface area contributed by atoms with Crippen molar-refractivity contribution in [2.45, 2.75) is 12.8 Å². The number of likely N-dealkylation sites (N-methyl/N-ethyl adjacent to an activating group) is 1. The third-order valence-electron chi connectivity index (χ3n) is 3.94. The molecule has 1 saturated heterocycles. The summed E-state index contributed by atoms with van der Waals surface area (Å²) in [5.41, 5.74) is 1.90. The van der Waals surface area contributed by atoms with Gasteiger partial charge in [0.15, 0.2) is 0 Å². The molecular weight excluding hydrogens is 314 g/mol. The molecular formula is C16H25N3O3S. The molecule has 1 fully saturated rings. The molecule has 1 amide bonds. The Hall–Kier alpha value is -1.60. The number of amides is 1. The molecule has 0 bridgehead atoms. The van der Waals surface area contributed by atoms with Crippen LogP contribution in [0.2, 0.25) is 0 Å². The predicted octanol–water partition coefficient (Wildman–Crippen LogP) is 1.20. The lowest BCUT2D eigenvalue weighted by Crippen LogP contribution is -2.44. The third-order valence-corrected chi connectivity index (χ3v) is 4.97. The van der Waals surface area contributed by atoms with E-state index in [1.165, 1.54) is 6.26 Å². The zero-order valence-electron chi connectivity index (χ0n) is 13.8. The SMILES string of the molecule is CN1CCN(c2ccc(NC(=O)CCCS(C)(=O)=O)cc2)CC1. The molecule has 1 aromatic carbocycles. The molecule has 0 radical (unpaired) electrons. The number of rotatable bonds is 6. The molecule has 2 rings (SSSR count). The Kier molecular flexibility index (Phi) is 6.01. The van der Waals surface area contributed by atoms with E-state index in [2.05, 4.69) is 22.2 Å². The summed E-state index contributed by atoms with van der Waals surface area (Å²) in [6.45, 7) is 4.12. The van der Waals surface area contributed by atoms with Gasteiger partial charge in [0.05, 0.1) is 5.75 Å². The van der Waals surface area contributed by atoms with Crippen LogP contribution in [0.1, 0.15) is 12.8 Å². The predicted molar refractivity (Wildman–Crippen MR) is 93.7 cm³/mol. The zero-order chi connectivity index (χ0) is 16.9. The van der Waals surface area contributed by atoms with Crippen LogP contribution in [0.15, 0.2) is 24.3 Å². The molecule has 0 unspecified atom stereocenters. The van der Waals surface area contributed by atoms with Crippen molar-refractivity contribution in [2.75, 3.05) is 55.5 Å². The molecule has 6 nitrogen and oxygen atoms in total. The Labute approximate surface area is 138 Å². The first kappa shape index (κ1) is 17.7. The minimum absolute atomic E-state index is 0.0444. The van der Waals surface area contributed by atoms with Crippen LogP contribution in [-0.4, -0.2) is 64.5 Å². The summed E-state index contributed by atoms with van der Waals surface area (Å²) in [4.78, 5) is 16.4. The molecule has 128 valence electrons. The summed E-state index contributed by atoms with van der Waals surface area (Å²) in [6, 6.07) is 7.80. The van der Waals surface area contributed by atoms with Crippen molar-refractivity contribution in [3.05, 3.63) is 24.3 Å². The highest BCUT2D eigenvalue weighted by Crippen LogP contribution is 2.19. The largest absolute Gasteiger partial charge is 0.369 e. The second-order valence-electron chi connectivity index (χ2n) is 6.12. The fourth-order valence-corrected chi connectivity index (χ4v) is 3.21. The van der Waals surface area contributed by atoms with Gasteiger partial charge in [-0.2, -0.15) is 0 Å². The van der Waals surface area contributed by atoms with Gasteiger partial charge in [0.1, 0.15) is 9.84 Å². The molecule has 0 spiro atoms. The van der Waals surface area contributed by atoms with Crippen molar-refractivity contribution in [3.8, 4) is 0 Å². The van der Waals surface area contributed by atoms with Crippen molar-refractivity contribution >= 4 is 27.1 Å². The van der Waals surface area contributed by atoms with Crippen LogP contribution < -0.4 is 10.2 Å². The first-order chi connectivity index (χ1) is 10.8. The van der Waals surface area contributed by atoms with Gasteiger partial charge in [0.2, 0.25) is 5.91 Å². The van der Waals surface area contributed by atoms with Crippen LogP contribution in [0.25, 0.3) is 0 Å². The van der Waals surface area contributed by atoms with Crippen molar-refractivity contribution in [3.63, 3.8) is 0 Å². The molecule has 1 heterocycles. The van der Waals surface area contributed by atoms with Gasteiger partial charge in [-0.25, -0.2) is 8.42 Å². The van der Waals surface area contributed by atoms with Crippen LogP contribution in [0.5, 0.6) is 0 Å². The average Bonchev–Trinajstić information content (AvgIpc) is 2.47. The Morgan fingerprint density at radius 2 is 1.74 bits per heavy atom. The summed E-state index contributed by atoms with van der Waals surface area (Å²) in [5, 5.41) is 2.80. The number of carbonyl (C=O) groups is 1. The number of nitrogens with one attached hydrogen (secondary N) is 1. The summed E-state index contributed by atoms with van der Waals surface area (Å²) < 4.78 is 22.1. The van der Waals surface area contributed by atoms with Gasteiger partial charge in [-0.05, 0) is 37.7 Å². The fraction of sp³-hybridized carbons (Fsp3) is 0.562. The number of nitrogens with zero attached hydrogens (tertiary/aromatic N) is 2. The lowest BCUT2D eigenvalue weighted by Gasteiger charge is -2.34. The number of carbonyl (C=O) groups excluding carboxylic acids is 1. The summed E-state index contributed by atoms with van der Waals surface area (Å²) in [7, 11) is -0.879. The van der Waals surface area contributed by atoms with E-state index in [-0.39, 0.29) is 18.1 Å². The first-order valence-corrected chi connectivity index (χ1v) is 9.91. The highest BCUT2D eigenvalue weighted by molar-refractivity contribution is 7.90. The van der Waals surface area contributed by atoms with Gasteiger partial charge in [0.25, 0.3) is 0 Å². The van der Waals surface area contributed by atoms with Crippen molar-refractivity contribution in [2.24, 2.45) is 0 Å². The van der Waals surface area contributed by atoms with E-state index >= 15 is 0 Å². The minimum atomic E-state index is -3.00. The van der Waals surface area contributed by atoms with E-state index < -0.39 is 9.84 Å². The quantitative estimate of drug-likeness (QED) is 0.843. The summed E-state index contributed by atoms with van der Waals surface area (Å²) in [6.07, 6.45) is 1.75. The van der Waals surface area contributed by atoms with Crippen LogP contribution in [-0.2, 0) is 14.6 Å². The normalized spacial score (nSPS) is 16.3. The lowest BCUT2D eigenvalue weighted by molar-refractivity contribution is -0.116. The number of anilines is 2. The highest BCUT2D eigenvalue weighted by atomic mass is 32.2. The van der Waals surface area contributed by atoms with E-state index in [1.807, 2.05) is 24.3 Å². The molecule has 0 atom stereocenters. The molecule has 1 aliphatic heterocycles. The monoisotopic (exact) mass is 339 g/mol. The number of hydrogen-bond acceptors (Lipinski definition) is 5. The summed E-state index contributed by atoms with van der Waals surface area (Å²) >= 11 is 0. The van der Waals surface area contributed by atoms with E-state index in [1.54, 1.807) is 0 Å². The smallest absolute Gasteiger partial charge is 0.224 e. The summed E-state index contributed by atoms with van der Waals surface area (Å²) in [5.74, 6) is -0.107. The molecule has 7 heteroatoms. The number of benzene rings is 1. The zero-order valence-corrected chi connectivity index (χ0v) is 14.6. The average molecular weight is 339 g/mol. The molecule has 1 N–H and O–H groups in total. The number of sulfone groups is 1. The number of hydrogen-bond donors (Lipinski definition) is 1. The third kappa shape index (κ3) is 6.19. The molecule has 0 aliphatic carbocycles.